The van der Waals surface area contributed by atoms with E-state index >= 15 is 0 Å². The molecule has 1 saturated heterocycles. The van der Waals surface area contributed by atoms with E-state index in [1.54, 1.807) is 36.4 Å². The molecule has 0 atom stereocenters. The van der Waals surface area contributed by atoms with Gasteiger partial charge in [0.15, 0.2) is 11.5 Å². The summed E-state index contributed by atoms with van der Waals surface area (Å²) in [5.74, 6) is -1.04. The number of halogens is 2. The summed E-state index contributed by atoms with van der Waals surface area (Å²) in [6, 6.07) is 21.5. The average Bonchev–Trinajstić information content (AvgIpc) is 3.17. The van der Waals surface area contributed by atoms with Crippen LogP contribution in [0, 0.1) is 5.82 Å². The van der Waals surface area contributed by atoms with Crippen molar-refractivity contribution >= 4 is 57.3 Å². The third-order valence-electron chi connectivity index (χ3n) is 5.91. The van der Waals surface area contributed by atoms with Gasteiger partial charge >= 0.3 is 5.97 Å². The van der Waals surface area contributed by atoms with Gasteiger partial charge < -0.3 is 9.47 Å². The van der Waals surface area contributed by atoms with Crippen molar-refractivity contribution in [3.63, 3.8) is 0 Å². The molecule has 9 heteroatoms. The quantitative estimate of drug-likeness (QED) is 0.146. The highest BCUT2D eigenvalue weighted by molar-refractivity contribution is 8.18. The van der Waals surface area contributed by atoms with Crippen LogP contribution in [-0.2, 0) is 11.3 Å². The van der Waals surface area contributed by atoms with Crippen LogP contribution in [0.25, 0.3) is 16.8 Å². The number of esters is 1. The van der Waals surface area contributed by atoms with Gasteiger partial charge in [0.2, 0.25) is 0 Å². The highest BCUT2D eigenvalue weighted by Crippen LogP contribution is 2.36. The minimum absolute atomic E-state index is 0.0759. The number of thioether (sulfide) groups is 1. The van der Waals surface area contributed by atoms with Gasteiger partial charge in [-0.2, -0.15) is 0 Å². The summed E-state index contributed by atoms with van der Waals surface area (Å²) in [4.78, 5) is 39.7. The molecule has 2 amide bonds. The Kier molecular flexibility index (Phi) is 7.18. The van der Waals surface area contributed by atoms with Gasteiger partial charge in [-0.3, -0.25) is 14.5 Å². The van der Waals surface area contributed by atoms with E-state index < -0.39 is 22.9 Å². The summed E-state index contributed by atoms with van der Waals surface area (Å²) in [6.45, 7) is -0.0759. The first-order valence-corrected chi connectivity index (χ1v) is 12.6. The van der Waals surface area contributed by atoms with E-state index in [1.165, 1.54) is 19.2 Å². The molecule has 0 saturated carbocycles. The lowest BCUT2D eigenvalue weighted by Gasteiger charge is -2.13. The van der Waals surface area contributed by atoms with Crippen molar-refractivity contribution in [2.45, 2.75) is 6.54 Å². The molecule has 0 N–H and O–H groups in total. The maximum atomic E-state index is 13.3. The lowest BCUT2D eigenvalue weighted by Crippen LogP contribution is -2.27. The molecule has 5 rings (SSSR count). The summed E-state index contributed by atoms with van der Waals surface area (Å²) in [7, 11) is 1.44. The Morgan fingerprint density at radius 3 is 2.58 bits per heavy atom. The number of carbonyl (C=O) groups is 3. The van der Waals surface area contributed by atoms with Crippen LogP contribution in [0.1, 0.15) is 21.5 Å². The van der Waals surface area contributed by atoms with E-state index in [4.69, 9.17) is 21.1 Å². The van der Waals surface area contributed by atoms with E-state index in [-0.39, 0.29) is 28.0 Å². The molecule has 0 aromatic heterocycles. The second-order valence-corrected chi connectivity index (χ2v) is 9.73. The zero-order valence-corrected chi connectivity index (χ0v) is 21.5. The number of hydrogen-bond donors (Lipinski definition) is 0. The molecule has 1 aliphatic rings. The van der Waals surface area contributed by atoms with Crippen LogP contribution in [0.2, 0.25) is 5.02 Å². The lowest BCUT2D eigenvalue weighted by molar-refractivity contribution is -0.123. The standard InChI is InChI=1S/C29H19ClFNO5S/c1-36-25-13-17(9-12-24(25)37-28(34)22-8-4-6-18-5-2-3-7-21(18)22)14-26-27(33)32(29(35)38-26)16-19-10-11-20(31)15-23(19)30/h2-15H,16H2,1H3/b26-14-. The van der Waals surface area contributed by atoms with Crippen molar-refractivity contribution in [3.8, 4) is 11.5 Å². The molecule has 38 heavy (non-hydrogen) atoms. The van der Waals surface area contributed by atoms with Gasteiger partial charge in [-0.05, 0) is 70.1 Å². The van der Waals surface area contributed by atoms with E-state index in [9.17, 15) is 18.8 Å². The topological polar surface area (TPSA) is 72.9 Å². The predicted molar refractivity (Wildman–Crippen MR) is 145 cm³/mol. The number of imide groups is 1. The maximum Gasteiger partial charge on any atom is 0.344 e. The highest BCUT2D eigenvalue weighted by atomic mass is 35.5. The molecule has 0 radical (unpaired) electrons. The molecule has 0 aliphatic carbocycles. The van der Waals surface area contributed by atoms with Crippen LogP contribution in [0.4, 0.5) is 9.18 Å². The van der Waals surface area contributed by atoms with Gasteiger partial charge in [0, 0.05) is 5.02 Å². The smallest absolute Gasteiger partial charge is 0.344 e. The molecule has 4 aromatic rings. The monoisotopic (exact) mass is 547 g/mol. The van der Waals surface area contributed by atoms with Crippen LogP contribution < -0.4 is 9.47 Å². The molecule has 1 fully saturated rings. The van der Waals surface area contributed by atoms with Crippen molar-refractivity contribution < 1.29 is 28.2 Å². The number of ether oxygens (including phenoxy) is 2. The lowest BCUT2D eigenvalue weighted by atomic mass is 10.0. The van der Waals surface area contributed by atoms with E-state index in [0.717, 1.165) is 33.5 Å². The van der Waals surface area contributed by atoms with Crippen LogP contribution in [-0.4, -0.2) is 29.1 Å². The number of carbonyl (C=O) groups excluding carboxylic acids is 3. The fraction of sp³-hybridized carbons (Fsp3) is 0.0690. The van der Waals surface area contributed by atoms with Crippen LogP contribution in [0.15, 0.2) is 83.8 Å². The minimum Gasteiger partial charge on any atom is -0.493 e. The SMILES string of the molecule is COc1cc(/C=C2\SC(=O)N(Cc3ccc(F)cc3Cl)C2=O)ccc1OC(=O)c1cccc2ccccc12. The maximum absolute atomic E-state index is 13.3. The second kappa shape index (κ2) is 10.7. The van der Waals surface area contributed by atoms with E-state index in [2.05, 4.69) is 0 Å². The van der Waals surface area contributed by atoms with Gasteiger partial charge in [0.25, 0.3) is 11.1 Å². The molecule has 0 bridgehead atoms. The third kappa shape index (κ3) is 5.14. The molecule has 4 aromatic carbocycles. The van der Waals surface area contributed by atoms with Gasteiger partial charge in [-0.15, -0.1) is 0 Å². The summed E-state index contributed by atoms with van der Waals surface area (Å²) in [5, 5.41) is 1.36. The molecular weight excluding hydrogens is 529 g/mol. The summed E-state index contributed by atoms with van der Waals surface area (Å²) >= 11 is 6.85. The second-order valence-electron chi connectivity index (χ2n) is 8.33. The van der Waals surface area contributed by atoms with Crippen molar-refractivity contribution in [2.75, 3.05) is 7.11 Å². The van der Waals surface area contributed by atoms with Gasteiger partial charge in [0.05, 0.1) is 24.1 Å². The first-order valence-electron chi connectivity index (χ1n) is 11.4. The average molecular weight is 548 g/mol. The fourth-order valence-electron chi connectivity index (χ4n) is 4.02. The minimum atomic E-state index is -0.534. The Morgan fingerprint density at radius 1 is 1.00 bits per heavy atom. The van der Waals surface area contributed by atoms with Crippen molar-refractivity contribution in [1.82, 2.24) is 4.90 Å². The number of fused-ring (bicyclic) bond motifs is 1. The number of methoxy groups -OCH3 is 1. The number of nitrogens with zero attached hydrogens (tertiary/aromatic N) is 1. The highest BCUT2D eigenvalue weighted by Gasteiger charge is 2.35. The van der Waals surface area contributed by atoms with E-state index in [0.29, 0.717) is 16.7 Å². The fourth-order valence-corrected chi connectivity index (χ4v) is 5.09. The van der Waals surface area contributed by atoms with Crippen molar-refractivity contribution in [2.24, 2.45) is 0 Å². The zero-order chi connectivity index (χ0) is 26.8. The predicted octanol–water partition coefficient (Wildman–Crippen LogP) is 7.10. The number of amides is 2. The molecule has 190 valence electrons. The molecular formula is C29H19ClFNO5S. The Bertz CT molecular complexity index is 1630. The van der Waals surface area contributed by atoms with E-state index in [1.807, 2.05) is 30.3 Å². The summed E-state index contributed by atoms with van der Waals surface area (Å²) in [6.07, 6.45) is 1.55. The number of benzene rings is 4. The van der Waals surface area contributed by atoms with Crippen LogP contribution >= 0.6 is 23.4 Å². The first-order chi connectivity index (χ1) is 18.3. The molecule has 1 heterocycles. The van der Waals surface area contributed by atoms with Gasteiger partial charge in [0.1, 0.15) is 5.82 Å². The number of hydrogen-bond acceptors (Lipinski definition) is 6. The zero-order valence-electron chi connectivity index (χ0n) is 19.9. The van der Waals surface area contributed by atoms with Crippen LogP contribution in [0.5, 0.6) is 11.5 Å². The summed E-state index contributed by atoms with van der Waals surface area (Å²) < 4.78 is 24.4. The Balaban J connectivity index is 1.36. The Hall–Kier alpha value is -4.14. The van der Waals surface area contributed by atoms with Gasteiger partial charge in [-0.1, -0.05) is 60.1 Å². The normalized spacial score (nSPS) is 14.4. The third-order valence-corrected chi connectivity index (χ3v) is 7.17. The largest absolute Gasteiger partial charge is 0.493 e. The summed E-state index contributed by atoms with van der Waals surface area (Å²) in [5.41, 5.74) is 1.44. The molecule has 6 nitrogen and oxygen atoms in total. The van der Waals surface area contributed by atoms with Crippen molar-refractivity contribution in [3.05, 3.63) is 111 Å². The number of rotatable bonds is 6. The Labute approximate surface area is 226 Å². The van der Waals surface area contributed by atoms with Crippen LogP contribution in [0.3, 0.4) is 0 Å². The molecule has 0 unspecified atom stereocenters. The van der Waals surface area contributed by atoms with Crippen molar-refractivity contribution in [1.29, 1.82) is 0 Å². The Morgan fingerprint density at radius 2 is 1.79 bits per heavy atom. The van der Waals surface area contributed by atoms with Gasteiger partial charge in [-0.25, -0.2) is 9.18 Å². The molecule has 0 spiro atoms. The first kappa shape index (κ1) is 25.5. The molecule has 1 aliphatic heterocycles.